The van der Waals surface area contributed by atoms with E-state index in [1.165, 1.54) is 10.6 Å². The summed E-state index contributed by atoms with van der Waals surface area (Å²) >= 11 is 7.59. The summed E-state index contributed by atoms with van der Waals surface area (Å²) in [6.07, 6.45) is 0.951. The van der Waals surface area contributed by atoms with Gasteiger partial charge in [0.05, 0.1) is 0 Å². The quantitative estimate of drug-likeness (QED) is 0.770. The molecule has 19 heavy (non-hydrogen) atoms. The van der Waals surface area contributed by atoms with E-state index in [2.05, 4.69) is 23.2 Å². The van der Waals surface area contributed by atoms with Crippen LogP contribution < -0.4 is 5.73 Å². The summed E-state index contributed by atoms with van der Waals surface area (Å²) in [6.45, 7) is 4.25. The molecule has 2 aromatic heterocycles. The first kappa shape index (κ1) is 12.5. The van der Waals surface area contributed by atoms with Gasteiger partial charge in [0.2, 0.25) is 0 Å². The van der Waals surface area contributed by atoms with Crippen LogP contribution in [0, 0.1) is 6.92 Å². The number of aromatic nitrogens is 2. The highest BCUT2D eigenvalue weighted by Crippen LogP contribution is 2.33. The minimum Gasteiger partial charge on any atom is -0.383 e. The lowest BCUT2D eigenvalue weighted by Crippen LogP contribution is -1.98. The number of aryl methyl sites for hydroxylation is 2. The average molecular weight is 292 g/mol. The molecule has 2 N–H and O–H groups in total. The number of fused-ring (bicyclic) bond motifs is 1. The van der Waals surface area contributed by atoms with Gasteiger partial charge in [-0.05, 0) is 25.5 Å². The van der Waals surface area contributed by atoms with E-state index < -0.39 is 0 Å². The molecule has 0 radical (unpaired) electrons. The van der Waals surface area contributed by atoms with Crippen molar-refractivity contribution < 1.29 is 0 Å². The molecule has 0 amide bonds. The summed E-state index contributed by atoms with van der Waals surface area (Å²) in [5.41, 5.74) is 9.34. The maximum Gasteiger partial charge on any atom is 0.196 e. The van der Waals surface area contributed by atoms with E-state index in [0.717, 1.165) is 22.6 Å². The summed E-state index contributed by atoms with van der Waals surface area (Å²) in [5.74, 6) is 0.707. The molecule has 3 nitrogen and oxygen atoms in total. The molecule has 0 aliphatic rings. The predicted octanol–water partition coefficient (Wildman–Crippen LogP) is 4.17. The van der Waals surface area contributed by atoms with E-state index in [-0.39, 0.29) is 0 Å². The number of thiazole rings is 1. The van der Waals surface area contributed by atoms with Crippen molar-refractivity contribution in [2.24, 2.45) is 0 Å². The Labute approximate surface area is 120 Å². The van der Waals surface area contributed by atoms with E-state index >= 15 is 0 Å². The Morgan fingerprint density at radius 3 is 2.63 bits per heavy atom. The second-order valence-corrected chi connectivity index (χ2v) is 6.05. The number of rotatable bonds is 2. The van der Waals surface area contributed by atoms with E-state index in [9.17, 15) is 0 Å². The van der Waals surface area contributed by atoms with E-state index in [1.807, 2.05) is 24.3 Å². The zero-order valence-electron chi connectivity index (χ0n) is 10.8. The first-order chi connectivity index (χ1) is 9.11. The third-order valence-corrected chi connectivity index (χ3v) is 4.51. The van der Waals surface area contributed by atoms with Gasteiger partial charge in [-0.2, -0.15) is 0 Å². The summed E-state index contributed by atoms with van der Waals surface area (Å²) in [5, 5.41) is 0.716. The van der Waals surface area contributed by atoms with Crippen LogP contribution in [0.15, 0.2) is 24.3 Å². The standard InChI is InChI=1S/C14H14ClN3S/c1-3-11-8(2)19-14-17-12(13(16)18(11)14)9-4-6-10(15)7-5-9/h4-7H,3,16H2,1-2H3. The lowest BCUT2D eigenvalue weighted by Gasteiger charge is -2.02. The van der Waals surface area contributed by atoms with Gasteiger partial charge in [0.15, 0.2) is 4.96 Å². The molecule has 1 aromatic carbocycles. The van der Waals surface area contributed by atoms with E-state index in [4.69, 9.17) is 17.3 Å². The molecule has 0 spiro atoms. The minimum atomic E-state index is 0.707. The van der Waals surface area contributed by atoms with Gasteiger partial charge in [-0.15, -0.1) is 11.3 Å². The Bertz CT molecular complexity index is 740. The molecule has 0 atom stereocenters. The molecule has 2 heterocycles. The molecule has 98 valence electrons. The van der Waals surface area contributed by atoms with Crippen molar-refractivity contribution in [1.82, 2.24) is 9.38 Å². The smallest absolute Gasteiger partial charge is 0.196 e. The highest BCUT2D eigenvalue weighted by atomic mass is 35.5. The van der Waals surface area contributed by atoms with Crippen LogP contribution >= 0.6 is 22.9 Å². The number of nitrogen functional groups attached to an aromatic ring is 1. The van der Waals surface area contributed by atoms with Gasteiger partial charge in [-0.3, -0.25) is 4.40 Å². The van der Waals surface area contributed by atoms with Crippen molar-refractivity contribution in [3.05, 3.63) is 39.9 Å². The number of nitrogens with two attached hydrogens (primary N) is 1. The maximum absolute atomic E-state index is 6.27. The van der Waals surface area contributed by atoms with Gasteiger partial charge in [-0.25, -0.2) is 4.98 Å². The average Bonchev–Trinajstić information content (AvgIpc) is 2.87. The molecule has 0 saturated heterocycles. The third kappa shape index (κ3) is 1.91. The van der Waals surface area contributed by atoms with Gasteiger partial charge in [0, 0.05) is 21.2 Å². The monoisotopic (exact) mass is 291 g/mol. The molecular formula is C14H14ClN3S. The molecule has 0 fully saturated rings. The topological polar surface area (TPSA) is 43.3 Å². The van der Waals surface area contributed by atoms with Crippen LogP contribution in [0.4, 0.5) is 5.82 Å². The Balaban J connectivity index is 2.23. The zero-order chi connectivity index (χ0) is 13.6. The lowest BCUT2D eigenvalue weighted by molar-refractivity contribution is 0.994. The van der Waals surface area contributed by atoms with E-state index in [1.54, 1.807) is 11.3 Å². The summed E-state index contributed by atoms with van der Waals surface area (Å²) in [6, 6.07) is 7.61. The van der Waals surface area contributed by atoms with Crippen LogP contribution in [0.1, 0.15) is 17.5 Å². The normalized spacial score (nSPS) is 11.3. The predicted molar refractivity (Wildman–Crippen MR) is 82.0 cm³/mol. The number of imidazole rings is 1. The van der Waals surface area contributed by atoms with Crippen molar-refractivity contribution >= 4 is 33.7 Å². The van der Waals surface area contributed by atoms with Crippen molar-refractivity contribution in [3.63, 3.8) is 0 Å². The SMILES string of the molecule is CCc1c(C)sc2nc(-c3ccc(Cl)cc3)c(N)n12. The first-order valence-corrected chi connectivity index (χ1v) is 7.33. The van der Waals surface area contributed by atoms with Gasteiger partial charge in [0.1, 0.15) is 11.5 Å². The largest absolute Gasteiger partial charge is 0.383 e. The van der Waals surface area contributed by atoms with Crippen molar-refractivity contribution in [3.8, 4) is 11.3 Å². The number of anilines is 1. The Hall–Kier alpha value is -1.52. The van der Waals surface area contributed by atoms with Gasteiger partial charge < -0.3 is 5.73 Å². The number of nitrogens with zero attached hydrogens (tertiary/aromatic N) is 2. The van der Waals surface area contributed by atoms with Crippen LogP contribution in [0.2, 0.25) is 5.02 Å². The maximum atomic E-state index is 6.27. The molecule has 0 saturated carbocycles. The van der Waals surface area contributed by atoms with Crippen LogP contribution in [0.25, 0.3) is 16.2 Å². The van der Waals surface area contributed by atoms with Gasteiger partial charge >= 0.3 is 0 Å². The third-order valence-electron chi connectivity index (χ3n) is 3.26. The van der Waals surface area contributed by atoms with Crippen molar-refractivity contribution in [1.29, 1.82) is 0 Å². The van der Waals surface area contributed by atoms with Crippen molar-refractivity contribution in [2.45, 2.75) is 20.3 Å². The molecule has 0 aliphatic heterocycles. The Morgan fingerprint density at radius 2 is 2.00 bits per heavy atom. The number of halogens is 1. The molecule has 5 heteroatoms. The summed E-state index contributed by atoms with van der Waals surface area (Å²) < 4.78 is 2.06. The Morgan fingerprint density at radius 1 is 1.32 bits per heavy atom. The fraction of sp³-hybridized carbons (Fsp3) is 0.214. The second kappa shape index (κ2) is 4.54. The minimum absolute atomic E-state index is 0.707. The van der Waals surface area contributed by atoms with Crippen LogP contribution in [-0.4, -0.2) is 9.38 Å². The molecule has 3 aromatic rings. The Kier molecular flexibility index (Phi) is 2.99. The van der Waals surface area contributed by atoms with E-state index in [0.29, 0.717) is 10.8 Å². The second-order valence-electron chi connectivity index (χ2n) is 4.43. The highest BCUT2D eigenvalue weighted by Gasteiger charge is 2.17. The number of hydrogen-bond acceptors (Lipinski definition) is 3. The lowest BCUT2D eigenvalue weighted by atomic mass is 10.1. The first-order valence-electron chi connectivity index (χ1n) is 6.14. The fourth-order valence-corrected chi connectivity index (χ4v) is 3.51. The highest BCUT2D eigenvalue weighted by molar-refractivity contribution is 7.17. The summed E-state index contributed by atoms with van der Waals surface area (Å²) in [7, 11) is 0. The number of benzene rings is 1. The van der Waals surface area contributed by atoms with Crippen LogP contribution in [-0.2, 0) is 6.42 Å². The van der Waals surface area contributed by atoms with Gasteiger partial charge in [-0.1, -0.05) is 30.7 Å². The summed E-state index contributed by atoms with van der Waals surface area (Å²) in [4.78, 5) is 6.89. The molecule has 0 aliphatic carbocycles. The van der Waals surface area contributed by atoms with Crippen LogP contribution in [0.5, 0.6) is 0 Å². The molecular weight excluding hydrogens is 278 g/mol. The fourth-order valence-electron chi connectivity index (χ4n) is 2.32. The van der Waals surface area contributed by atoms with Crippen molar-refractivity contribution in [2.75, 3.05) is 5.73 Å². The molecule has 3 rings (SSSR count). The van der Waals surface area contributed by atoms with Crippen LogP contribution in [0.3, 0.4) is 0 Å². The zero-order valence-corrected chi connectivity index (χ0v) is 12.3. The van der Waals surface area contributed by atoms with Gasteiger partial charge in [0.25, 0.3) is 0 Å². The molecule has 0 unspecified atom stereocenters. The molecule has 0 bridgehead atoms. The number of hydrogen-bond donors (Lipinski definition) is 1.